The van der Waals surface area contributed by atoms with E-state index in [0.717, 1.165) is 36.7 Å². The second-order valence-electron chi connectivity index (χ2n) is 12.6. The van der Waals surface area contributed by atoms with Crippen molar-refractivity contribution in [1.29, 1.82) is 0 Å². The number of ether oxygens (including phenoxy) is 3. The number of hydrogen-bond acceptors (Lipinski definition) is 7. The Labute approximate surface area is 296 Å². The maximum absolute atomic E-state index is 14.8. The summed E-state index contributed by atoms with van der Waals surface area (Å²) in [4.78, 5) is 37.3. The first-order chi connectivity index (χ1) is 24.7. The van der Waals surface area contributed by atoms with Gasteiger partial charge in [-0.25, -0.2) is 4.39 Å². The number of nitrogens with zero attached hydrogens (tertiary/aromatic N) is 4. The molecule has 3 heterocycles. The van der Waals surface area contributed by atoms with Gasteiger partial charge in [0, 0.05) is 64.7 Å². The fraction of sp³-hybridized carbons (Fsp3) is 0.472. The zero-order valence-corrected chi connectivity index (χ0v) is 28.6. The highest BCUT2D eigenvalue weighted by Crippen LogP contribution is 2.41. The zero-order valence-electron chi connectivity index (χ0n) is 28.6. The van der Waals surface area contributed by atoms with Crippen LogP contribution in [-0.4, -0.2) is 91.3 Å². The molecule has 5 rings (SSSR count). The number of anilines is 1. The van der Waals surface area contributed by atoms with Crippen LogP contribution in [0.5, 0.6) is 11.5 Å². The summed E-state index contributed by atoms with van der Waals surface area (Å²) in [5, 5.41) is 0. The van der Waals surface area contributed by atoms with Crippen LogP contribution >= 0.6 is 0 Å². The van der Waals surface area contributed by atoms with E-state index in [1.807, 2.05) is 4.90 Å². The van der Waals surface area contributed by atoms with Gasteiger partial charge in [0.25, 0.3) is 11.8 Å². The molecule has 0 aliphatic carbocycles. The van der Waals surface area contributed by atoms with Gasteiger partial charge >= 0.3 is 12.4 Å². The van der Waals surface area contributed by atoms with Gasteiger partial charge in [0.1, 0.15) is 23.9 Å². The predicted octanol–water partition coefficient (Wildman–Crippen LogP) is 6.85. The number of rotatable bonds is 11. The number of methoxy groups -OCH3 is 1. The minimum atomic E-state index is -4.87. The first-order valence-corrected chi connectivity index (χ1v) is 16.8. The summed E-state index contributed by atoms with van der Waals surface area (Å²) >= 11 is 0. The summed E-state index contributed by atoms with van der Waals surface area (Å²) in [5.41, 5.74) is -4.08. The Balaban J connectivity index is 1.49. The maximum atomic E-state index is 14.8. The van der Waals surface area contributed by atoms with Gasteiger partial charge in [0.15, 0.2) is 0 Å². The second kappa shape index (κ2) is 16.0. The molecule has 0 saturated carbocycles. The van der Waals surface area contributed by atoms with Crippen molar-refractivity contribution in [2.45, 2.75) is 56.6 Å². The molecule has 9 nitrogen and oxygen atoms in total. The molecular weight excluding hydrogens is 701 g/mol. The lowest BCUT2D eigenvalue weighted by molar-refractivity contribution is -0.159. The zero-order chi connectivity index (χ0) is 37.7. The van der Waals surface area contributed by atoms with Crippen LogP contribution in [0.25, 0.3) is 0 Å². The fourth-order valence-corrected chi connectivity index (χ4v) is 6.81. The van der Waals surface area contributed by atoms with Crippen LogP contribution in [0.4, 0.5) is 36.4 Å². The number of halogens is 7. The van der Waals surface area contributed by atoms with Crippen molar-refractivity contribution in [1.82, 2.24) is 14.8 Å². The number of likely N-dealkylation sites (tertiary alicyclic amines) is 1. The number of aromatic nitrogens is 1. The first-order valence-electron chi connectivity index (χ1n) is 16.8. The number of carbonyl (C=O) groups excluding carboxylic acids is 2. The van der Waals surface area contributed by atoms with E-state index in [1.165, 1.54) is 29.0 Å². The highest BCUT2D eigenvalue weighted by molar-refractivity contribution is 5.97. The lowest BCUT2D eigenvalue weighted by Crippen LogP contribution is -2.69. The summed E-state index contributed by atoms with van der Waals surface area (Å²) in [7, 11) is 1.51. The average Bonchev–Trinajstić information content (AvgIpc) is 3.11. The molecule has 0 radical (unpaired) electrons. The van der Waals surface area contributed by atoms with Gasteiger partial charge in [-0.1, -0.05) is 13.3 Å². The Morgan fingerprint density at radius 1 is 0.923 bits per heavy atom. The molecule has 0 unspecified atom stereocenters. The van der Waals surface area contributed by atoms with Crippen LogP contribution in [0.15, 0.2) is 60.9 Å². The molecule has 16 heteroatoms. The average molecular weight is 741 g/mol. The number of pyridine rings is 1. The van der Waals surface area contributed by atoms with E-state index in [4.69, 9.17) is 14.2 Å². The van der Waals surface area contributed by atoms with Crippen molar-refractivity contribution in [2.24, 2.45) is 0 Å². The number of piperidine rings is 1. The van der Waals surface area contributed by atoms with Crippen LogP contribution in [0.2, 0.25) is 0 Å². The Hall–Kier alpha value is -4.60. The molecule has 2 atom stereocenters. The highest BCUT2D eigenvalue weighted by atomic mass is 19.4. The molecule has 0 N–H and O–H groups in total. The molecule has 2 aromatic carbocycles. The van der Waals surface area contributed by atoms with E-state index >= 15 is 0 Å². The number of piperazine rings is 1. The molecule has 2 amide bonds. The third kappa shape index (κ3) is 8.37. The molecule has 282 valence electrons. The van der Waals surface area contributed by atoms with Crippen LogP contribution in [0.3, 0.4) is 0 Å². The molecule has 0 spiro atoms. The molecule has 52 heavy (non-hydrogen) atoms. The molecule has 3 aromatic rings. The topological polar surface area (TPSA) is 84.4 Å². The van der Waals surface area contributed by atoms with E-state index in [1.54, 1.807) is 13.0 Å². The molecular formula is C36H39F7N4O5. The quantitative estimate of drug-likeness (QED) is 0.157. The Morgan fingerprint density at radius 3 is 2.27 bits per heavy atom. The highest BCUT2D eigenvalue weighted by Gasteiger charge is 2.56. The first kappa shape index (κ1) is 38.6. The van der Waals surface area contributed by atoms with Gasteiger partial charge in [0.2, 0.25) is 5.60 Å². The monoisotopic (exact) mass is 740 g/mol. The van der Waals surface area contributed by atoms with Crippen LogP contribution in [0.1, 0.15) is 54.1 Å². The van der Waals surface area contributed by atoms with Gasteiger partial charge in [-0.05, 0) is 55.3 Å². The molecule has 2 fully saturated rings. The smallest absolute Gasteiger partial charge is 0.417 e. The van der Waals surface area contributed by atoms with Crippen molar-refractivity contribution in [3.05, 3.63) is 83.4 Å². The molecule has 1 aromatic heterocycles. The molecule has 2 aliphatic rings. The van der Waals surface area contributed by atoms with Crippen molar-refractivity contribution in [2.75, 3.05) is 57.9 Å². The van der Waals surface area contributed by atoms with E-state index in [-0.39, 0.29) is 76.7 Å². The summed E-state index contributed by atoms with van der Waals surface area (Å²) < 4.78 is 114. The predicted molar refractivity (Wildman–Crippen MR) is 176 cm³/mol. The number of carbonyl (C=O) groups is 2. The van der Waals surface area contributed by atoms with Gasteiger partial charge in [-0.3, -0.25) is 14.6 Å². The minimum Gasteiger partial charge on any atom is -0.489 e. The van der Waals surface area contributed by atoms with E-state index in [2.05, 4.69) is 4.98 Å². The Bertz CT molecular complexity index is 1700. The van der Waals surface area contributed by atoms with Crippen LogP contribution in [0, 0.1) is 5.82 Å². The van der Waals surface area contributed by atoms with Gasteiger partial charge in [0.05, 0.1) is 35.0 Å². The molecule has 0 bridgehead atoms. The number of amides is 2. The normalized spacial score (nSPS) is 19.8. The third-order valence-electron chi connectivity index (χ3n) is 9.26. The van der Waals surface area contributed by atoms with Crippen molar-refractivity contribution in [3.8, 4) is 11.5 Å². The fourth-order valence-electron chi connectivity index (χ4n) is 6.81. The van der Waals surface area contributed by atoms with Gasteiger partial charge in [-0.15, -0.1) is 0 Å². The summed E-state index contributed by atoms with van der Waals surface area (Å²) in [6, 6.07) is 7.52. The van der Waals surface area contributed by atoms with Crippen molar-refractivity contribution < 1.29 is 54.5 Å². The van der Waals surface area contributed by atoms with Gasteiger partial charge in [-0.2, -0.15) is 26.3 Å². The maximum Gasteiger partial charge on any atom is 0.417 e. The summed E-state index contributed by atoms with van der Waals surface area (Å²) in [6.07, 6.45) is -7.02. The molecule has 2 saturated heterocycles. The van der Waals surface area contributed by atoms with Crippen LogP contribution in [-0.2, 0) is 21.9 Å². The van der Waals surface area contributed by atoms with E-state index < -0.39 is 58.3 Å². The number of benzene rings is 2. The lowest BCUT2D eigenvalue weighted by Gasteiger charge is -2.51. The van der Waals surface area contributed by atoms with Crippen molar-refractivity contribution >= 4 is 17.5 Å². The standard InChI is InChI=1S/C36H39F7N4O5/c1-3-5-31-34(52-26-9-6-24(7-10-26)35(38,39)40,13-4-15-47(31)32(48)27-23-44-14-12-28(27)36(41,42)43)33(49)46-18-16-45(17-19-46)29-11-8-25(37)22-30(29)51-21-20-50-2/h6-12,14,22-23,31H,3-5,13,15-21H2,1-2H3/t31-,34+/m1/s1. The Morgan fingerprint density at radius 2 is 1.63 bits per heavy atom. The third-order valence-corrected chi connectivity index (χ3v) is 9.26. The number of hydrogen-bond donors (Lipinski definition) is 0. The molecule has 2 aliphatic heterocycles. The number of alkyl halides is 6. The van der Waals surface area contributed by atoms with Crippen molar-refractivity contribution in [3.63, 3.8) is 0 Å². The summed E-state index contributed by atoms with van der Waals surface area (Å²) in [6.45, 7) is 3.07. The minimum absolute atomic E-state index is 0.00524. The second-order valence-corrected chi connectivity index (χ2v) is 12.6. The van der Waals surface area contributed by atoms with E-state index in [9.17, 15) is 40.3 Å². The summed E-state index contributed by atoms with van der Waals surface area (Å²) in [5.74, 6) is -1.83. The van der Waals surface area contributed by atoms with Crippen LogP contribution < -0.4 is 14.4 Å². The lowest BCUT2D eigenvalue weighted by atomic mass is 9.79. The Kier molecular flexibility index (Phi) is 11.9. The largest absolute Gasteiger partial charge is 0.489 e. The SMILES string of the molecule is CCC[C@H]1N(C(=O)c2cnccc2C(F)(F)F)CCC[C@@]1(Oc1ccc(C(F)(F)F)cc1)C(=O)N1CCN(c2ccc(F)cc2OCCOC)CC1. The van der Waals surface area contributed by atoms with E-state index in [0.29, 0.717) is 18.2 Å². The van der Waals surface area contributed by atoms with Gasteiger partial charge < -0.3 is 28.9 Å².